The van der Waals surface area contributed by atoms with Gasteiger partial charge in [-0.2, -0.15) is 4.31 Å². The molecule has 0 amide bonds. The van der Waals surface area contributed by atoms with Crippen LogP contribution in [-0.4, -0.2) is 25.0 Å². The third-order valence-corrected chi connectivity index (χ3v) is 7.44. The molecule has 1 unspecified atom stereocenters. The second kappa shape index (κ2) is 6.71. The summed E-state index contributed by atoms with van der Waals surface area (Å²) in [5, 5.41) is -0.297. The summed E-state index contributed by atoms with van der Waals surface area (Å²) in [6.07, 6.45) is 1.58. The molecule has 1 saturated heterocycles. The number of benzene rings is 2. The monoisotopic (exact) mass is 371 g/mol. The van der Waals surface area contributed by atoms with Gasteiger partial charge in [0.05, 0.1) is 11.2 Å². The Morgan fingerprint density at radius 2 is 1.64 bits per heavy atom. The molecule has 1 aromatic heterocycles. The number of thioether (sulfide) groups is 1. The van der Waals surface area contributed by atoms with Crippen LogP contribution in [0, 0.1) is 0 Å². The number of hydrogen-bond donors (Lipinski definition) is 0. The van der Waals surface area contributed by atoms with E-state index in [1.807, 2.05) is 48.5 Å². The van der Waals surface area contributed by atoms with Gasteiger partial charge in [0.25, 0.3) is 0 Å². The van der Waals surface area contributed by atoms with Crippen molar-refractivity contribution in [2.24, 2.45) is 0 Å². The van der Waals surface area contributed by atoms with E-state index in [0.29, 0.717) is 17.2 Å². The van der Waals surface area contributed by atoms with Gasteiger partial charge in [0, 0.05) is 12.3 Å². The van der Waals surface area contributed by atoms with E-state index in [1.54, 1.807) is 36.2 Å². The molecular weight excluding hydrogens is 354 g/mol. The van der Waals surface area contributed by atoms with Gasteiger partial charge in [-0.05, 0) is 35.4 Å². The Labute approximate surface area is 151 Å². The third kappa shape index (κ3) is 3.13. The highest BCUT2D eigenvalue weighted by molar-refractivity contribution is 8.00. The lowest BCUT2D eigenvalue weighted by Crippen LogP contribution is -2.30. The molecule has 4 nitrogen and oxygen atoms in total. The number of furan rings is 1. The zero-order valence-electron chi connectivity index (χ0n) is 13.4. The molecule has 0 saturated carbocycles. The Hall–Kier alpha value is -2.02. The summed E-state index contributed by atoms with van der Waals surface area (Å²) in [7, 11) is -3.56. The first-order chi connectivity index (χ1) is 12.2. The lowest BCUT2D eigenvalue weighted by molar-refractivity contribution is 0.383. The van der Waals surface area contributed by atoms with Gasteiger partial charge in [0.15, 0.2) is 0 Å². The van der Waals surface area contributed by atoms with Crippen LogP contribution in [0.1, 0.15) is 11.1 Å². The second-order valence-corrected chi connectivity index (χ2v) is 8.82. The standard InChI is InChI=1S/C19H17NO3S2/c21-25(22,20-12-14-24-19(20)18-7-4-13-23-18)17-10-8-16(9-11-17)15-5-2-1-3-6-15/h1-11,13,19H,12,14H2. The summed E-state index contributed by atoms with van der Waals surface area (Å²) in [6.45, 7) is 0.485. The molecular formula is C19H17NO3S2. The highest BCUT2D eigenvalue weighted by atomic mass is 32.2. The van der Waals surface area contributed by atoms with E-state index >= 15 is 0 Å². The van der Waals surface area contributed by atoms with Crippen molar-refractivity contribution in [1.82, 2.24) is 4.31 Å². The van der Waals surface area contributed by atoms with Crippen molar-refractivity contribution in [1.29, 1.82) is 0 Å². The van der Waals surface area contributed by atoms with Crippen LogP contribution in [0.25, 0.3) is 11.1 Å². The molecule has 1 atom stereocenters. The maximum atomic E-state index is 13.1. The van der Waals surface area contributed by atoms with Crippen LogP contribution in [0.3, 0.4) is 0 Å². The summed E-state index contributed by atoms with van der Waals surface area (Å²) < 4.78 is 33.1. The van der Waals surface area contributed by atoms with E-state index in [4.69, 9.17) is 4.42 Å². The second-order valence-electron chi connectivity index (χ2n) is 5.74. The quantitative estimate of drug-likeness (QED) is 0.683. The zero-order chi connectivity index (χ0) is 17.3. The Morgan fingerprint density at radius 3 is 2.32 bits per heavy atom. The van der Waals surface area contributed by atoms with Crippen LogP contribution in [0.15, 0.2) is 82.3 Å². The van der Waals surface area contributed by atoms with E-state index in [1.165, 1.54) is 4.31 Å². The van der Waals surface area contributed by atoms with Crippen molar-refractivity contribution < 1.29 is 12.8 Å². The zero-order valence-corrected chi connectivity index (χ0v) is 15.0. The predicted molar refractivity (Wildman–Crippen MR) is 99.7 cm³/mol. The predicted octanol–water partition coefficient (Wildman–Crippen LogP) is 4.38. The maximum Gasteiger partial charge on any atom is 0.244 e. The summed E-state index contributed by atoms with van der Waals surface area (Å²) in [6, 6.07) is 20.6. The van der Waals surface area contributed by atoms with Crippen LogP contribution in [-0.2, 0) is 10.0 Å². The number of sulfonamides is 1. The van der Waals surface area contributed by atoms with Crippen LogP contribution in [0.2, 0.25) is 0 Å². The molecule has 0 bridgehead atoms. The van der Waals surface area contributed by atoms with Crippen molar-refractivity contribution in [2.45, 2.75) is 10.3 Å². The van der Waals surface area contributed by atoms with Gasteiger partial charge >= 0.3 is 0 Å². The molecule has 1 aliphatic rings. The average Bonchev–Trinajstić information content (AvgIpc) is 3.34. The fourth-order valence-electron chi connectivity index (χ4n) is 2.94. The molecule has 128 valence electrons. The van der Waals surface area contributed by atoms with Crippen molar-refractivity contribution in [3.8, 4) is 11.1 Å². The summed E-state index contributed by atoms with van der Waals surface area (Å²) in [5.74, 6) is 1.43. The minimum Gasteiger partial charge on any atom is -0.467 e. The Kier molecular flexibility index (Phi) is 4.41. The van der Waals surface area contributed by atoms with Gasteiger partial charge in [-0.1, -0.05) is 42.5 Å². The minimum absolute atomic E-state index is 0.297. The molecule has 2 aromatic carbocycles. The Morgan fingerprint density at radius 1 is 0.920 bits per heavy atom. The molecule has 1 aliphatic heterocycles. The largest absolute Gasteiger partial charge is 0.467 e. The normalized spacial score (nSPS) is 18.5. The van der Waals surface area contributed by atoms with E-state index in [9.17, 15) is 8.42 Å². The first-order valence-electron chi connectivity index (χ1n) is 7.98. The third-order valence-electron chi connectivity index (χ3n) is 4.20. The van der Waals surface area contributed by atoms with Gasteiger partial charge in [0.1, 0.15) is 11.1 Å². The fourth-order valence-corrected chi connectivity index (χ4v) is 6.11. The fraction of sp³-hybridized carbons (Fsp3) is 0.158. The summed E-state index contributed by atoms with van der Waals surface area (Å²) in [4.78, 5) is 0.311. The van der Waals surface area contributed by atoms with Gasteiger partial charge < -0.3 is 4.42 Å². The van der Waals surface area contributed by atoms with Gasteiger partial charge in [-0.3, -0.25) is 0 Å². The first kappa shape index (κ1) is 16.4. The van der Waals surface area contributed by atoms with Gasteiger partial charge in [0.2, 0.25) is 10.0 Å². The molecule has 4 rings (SSSR count). The molecule has 3 aromatic rings. The van der Waals surface area contributed by atoms with Crippen LogP contribution in [0.4, 0.5) is 0 Å². The highest BCUT2D eigenvalue weighted by Gasteiger charge is 2.38. The minimum atomic E-state index is -3.56. The first-order valence-corrected chi connectivity index (χ1v) is 10.5. The molecule has 0 radical (unpaired) electrons. The van der Waals surface area contributed by atoms with Crippen LogP contribution < -0.4 is 0 Å². The van der Waals surface area contributed by atoms with Gasteiger partial charge in [-0.15, -0.1) is 11.8 Å². The molecule has 2 heterocycles. The molecule has 0 aliphatic carbocycles. The van der Waals surface area contributed by atoms with E-state index in [-0.39, 0.29) is 5.37 Å². The van der Waals surface area contributed by atoms with E-state index < -0.39 is 10.0 Å². The Balaban J connectivity index is 1.64. The van der Waals surface area contributed by atoms with E-state index in [2.05, 4.69) is 0 Å². The number of rotatable bonds is 4. The summed E-state index contributed by atoms with van der Waals surface area (Å²) >= 11 is 1.58. The SMILES string of the molecule is O=S(=O)(c1ccc(-c2ccccc2)cc1)N1CCSC1c1ccco1. The molecule has 25 heavy (non-hydrogen) atoms. The average molecular weight is 371 g/mol. The Bertz CT molecular complexity index is 936. The number of hydrogen-bond acceptors (Lipinski definition) is 4. The lowest BCUT2D eigenvalue weighted by atomic mass is 10.1. The van der Waals surface area contributed by atoms with Crippen molar-refractivity contribution >= 4 is 21.8 Å². The molecule has 0 spiro atoms. The molecule has 0 N–H and O–H groups in total. The van der Waals surface area contributed by atoms with Crippen molar-refractivity contribution in [2.75, 3.05) is 12.3 Å². The lowest BCUT2D eigenvalue weighted by Gasteiger charge is -2.21. The smallest absolute Gasteiger partial charge is 0.244 e. The maximum absolute atomic E-state index is 13.1. The van der Waals surface area contributed by atoms with Crippen molar-refractivity contribution in [3.63, 3.8) is 0 Å². The highest BCUT2D eigenvalue weighted by Crippen LogP contribution is 2.41. The number of nitrogens with zero attached hydrogens (tertiary/aromatic N) is 1. The summed E-state index contributed by atoms with van der Waals surface area (Å²) in [5.41, 5.74) is 2.06. The van der Waals surface area contributed by atoms with Crippen molar-refractivity contribution in [3.05, 3.63) is 78.8 Å². The van der Waals surface area contributed by atoms with Crippen LogP contribution in [0.5, 0.6) is 0 Å². The molecule has 1 fully saturated rings. The van der Waals surface area contributed by atoms with E-state index in [0.717, 1.165) is 16.9 Å². The van der Waals surface area contributed by atoms with Crippen LogP contribution >= 0.6 is 11.8 Å². The molecule has 6 heteroatoms. The topological polar surface area (TPSA) is 50.5 Å². The van der Waals surface area contributed by atoms with Gasteiger partial charge in [-0.25, -0.2) is 8.42 Å².